The average molecular weight is 381 g/mol. The molecule has 0 fully saturated rings. The van der Waals surface area contributed by atoms with Gasteiger partial charge in [0.05, 0.1) is 0 Å². The monoisotopic (exact) mass is 380 g/mol. The maximum atomic E-state index is 14.7. The van der Waals surface area contributed by atoms with Crippen molar-refractivity contribution in [2.24, 2.45) is 0 Å². The van der Waals surface area contributed by atoms with E-state index in [9.17, 15) is 13.2 Å². The Kier molecular flexibility index (Phi) is 6.22. The summed E-state index contributed by atoms with van der Waals surface area (Å²) in [5.74, 6) is -1.53. The summed E-state index contributed by atoms with van der Waals surface area (Å²) in [6.07, 6.45) is 0. The van der Waals surface area contributed by atoms with E-state index in [0.29, 0.717) is 22.4 Å². The fourth-order valence-corrected chi connectivity index (χ4v) is 9.30. The number of rotatable bonds is 6. The highest BCUT2D eigenvalue weighted by molar-refractivity contribution is 6.78. The minimum atomic E-state index is -2.19. The Balaban J connectivity index is 2.43. The molecule has 1 nitrogen and oxygen atoms in total. The van der Waals surface area contributed by atoms with Crippen LogP contribution in [0.1, 0.15) is 41.5 Å². The molecule has 0 saturated carbocycles. The van der Waals surface area contributed by atoms with Crippen LogP contribution in [0.4, 0.5) is 13.2 Å². The smallest absolute Gasteiger partial charge is 0.258 e. The van der Waals surface area contributed by atoms with Gasteiger partial charge in [-0.15, -0.1) is 0 Å². The third kappa shape index (κ3) is 3.98. The molecule has 0 radical (unpaired) electrons. The number of hydrogen-bond acceptors (Lipinski definition) is 1. The summed E-state index contributed by atoms with van der Waals surface area (Å²) in [5, 5.41) is 0. The topological polar surface area (TPSA) is 9.23 Å². The largest absolute Gasteiger partial charge is 0.543 e. The first-order valence-corrected chi connectivity index (χ1v) is 11.2. The summed E-state index contributed by atoms with van der Waals surface area (Å²) in [6, 6.07) is 7.56. The molecular formula is C21H27F3OSi. The van der Waals surface area contributed by atoms with Gasteiger partial charge in [0, 0.05) is 17.7 Å². The highest BCUT2D eigenvalue weighted by Crippen LogP contribution is 2.43. The quantitative estimate of drug-likeness (QED) is 0.477. The SMILES string of the molecule is CC(C)[Si](Oc1ccc(-c2cc(F)cc(F)c2)c(F)c1)(C(C)C)C(C)C. The van der Waals surface area contributed by atoms with E-state index in [1.165, 1.54) is 12.1 Å². The summed E-state index contributed by atoms with van der Waals surface area (Å²) in [5.41, 5.74) is 1.42. The third-order valence-corrected chi connectivity index (χ3v) is 11.1. The molecule has 26 heavy (non-hydrogen) atoms. The van der Waals surface area contributed by atoms with Gasteiger partial charge in [-0.25, -0.2) is 13.2 Å². The van der Waals surface area contributed by atoms with Gasteiger partial charge < -0.3 is 4.43 Å². The first-order valence-electron chi connectivity index (χ1n) is 9.03. The van der Waals surface area contributed by atoms with Crippen LogP contribution >= 0.6 is 0 Å². The summed E-state index contributed by atoms with van der Waals surface area (Å²) in [4.78, 5) is 0. The Morgan fingerprint density at radius 2 is 1.23 bits per heavy atom. The van der Waals surface area contributed by atoms with Crippen molar-refractivity contribution >= 4 is 8.32 Å². The van der Waals surface area contributed by atoms with E-state index >= 15 is 0 Å². The Hall–Kier alpha value is -1.75. The molecular weight excluding hydrogens is 353 g/mol. The van der Waals surface area contributed by atoms with Gasteiger partial charge >= 0.3 is 0 Å². The molecule has 2 aromatic carbocycles. The second-order valence-electron chi connectivity index (χ2n) is 7.72. The second kappa shape index (κ2) is 7.87. The molecule has 0 saturated heterocycles. The standard InChI is InChI=1S/C21H27F3OSi/c1-13(2)26(14(3)4,15(5)6)25-19-7-8-20(21(24)12-19)16-9-17(22)11-18(23)10-16/h7-15H,1-6H3. The van der Waals surface area contributed by atoms with Gasteiger partial charge in [-0.05, 0) is 46.5 Å². The summed E-state index contributed by atoms with van der Waals surface area (Å²) in [7, 11) is -2.19. The molecule has 0 N–H and O–H groups in total. The minimum Gasteiger partial charge on any atom is -0.543 e. The fraction of sp³-hybridized carbons (Fsp3) is 0.429. The van der Waals surface area contributed by atoms with E-state index in [4.69, 9.17) is 4.43 Å². The van der Waals surface area contributed by atoms with Crippen molar-refractivity contribution in [3.8, 4) is 16.9 Å². The molecule has 0 bridgehead atoms. The van der Waals surface area contributed by atoms with Crippen molar-refractivity contribution in [2.75, 3.05) is 0 Å². The molecule has 2 rings (SSSR count). The first kappa shape index (κ1) is 20.6. The number of hydrogen-bond donors (Lipinski definition) is 0. The maximum Gasteiger partial charge on any atom is 0.258 e. The maximum absolute atomic E-state index is 14.7. The molecule has 0 heterocycles. The van der Waals surface area contributed by atoms with Crippen LogP contribution in [0.2, 0.25) is 16.6 Å². The van der Waals surface area contributed by atoms with E-state index in [-0.39, 0.29) is 11.1 Å². The van der Waals surface area contributed by atoms with Crippen LogP contribution in [-0.2, 0) is 0 Å². The first-order chi connectivity index (χ1) is 12.1. The van der Waals surface area contributed by atoms with Crippen LogP contribution in [-0.4, -0.2) is 8.32 Å². The second-order valence-corrected chi connectivity index (χ2v) is 13.1. The molecule has 0 spiro atoms. The highest BCUT2D eigenvalue weighted by atomic mass is 28.4. The molecule has 0 aliphatic rings. The normalized spacial score (nSPS) is 12.3. The zero-order valence-corrected chi connectivity index (χ0v) is 17.2. The van der Waals surface area contributed by atoms with Crippen molar-refractivity contribution in [3.63, 3.8) is 0 Å². The fourth-order valence-electron chi connectivity index (χ4n) is 4.06. The molecule has 0 aromatic heterocycles. The molecule has 5 heteroatoms. The van der Waals surface area contributed by atoms with E-state index < -0.39 is 25.8 Å². The zero-order valence-electron chi connectivity index (χ0n) is 16.2. The molecule has 0 amide bonds. The van der Waals surface area contributed by atoms with E-state index in [0.717, 1.165) is 18.2 Å². The molecule has 0 atom stereocenters. The molecule has 0 unspecified atom stereocenters. The Morgan fingerprint density at radius 1 is 0.731 bits per heavy atom. The summed E-state index contributed by atoms with van der Waals surface area (Å²) >= 11 is 0. The molecule has 0 aliphatic carbocycles. The Labute approximate surface area is 155 Å². The Bertz CT molecular complexity index is 730. The van der Waals surface area contributed by atoms with E-state index in [2.05, 4.69) is 41.5 Å². The third-order valence-electron chi connectivity index (χ3n) is 5.12. The van der Waals surface area contributed by atoms with Crippen molar-refractivity contribution in [1.29, 1.82) is 0 Å². The van der Waals surface area contributed by atoms with Crippen LogP contribution in [0.25, 0.3) is 11.1 Å². The van der Waals surface area contributed by atoms with Gasteiger partial charge in [0.2, 0.25) is 0 Å². The van der Waals surface area contributed by atoms with Gasteiger partial charge in [-0.1, -0.05) is 41.5 Å². The zero-order chi connectivity index (χ0) is 19.6. The van der Waals surface area contributed by atoms with Crippen LogP contribution in [0, 0.1) is 17.5 Å². The van der Waals surface area contributed by atoms with Gasteiger partial charge in [0.1, 0.15) is 23.2 Å². The number of benzene rings is 2. The molecule has 142 valence electrons. The van der Waals surface area contributed by atoms with Gasteiger partial charge in [0.25, 0.3) is 8.32 Å². The van der Waals surface area contributed by atoms with Crippen molar-refractivity contribution < 1.29 is 17.6 Å². The van der Waals surface area contributed by atoms with Gasteiger partial charge in [-0.2, -0.15) is 0 Å². The van der Waals surface area contributed by atoms with Crippen LogP contribution in [0.3, 0.4) is 0 Å². The molecule has 0 aliphatic heterocycles. The Morgan fingerprint density at radius 3 is 1.65 bits per heavy atom. The van der Waals surface area contributed by atoms with Crippen LogP contribution in [0.15, 0.2) is 36.4 Å². The number of halogens is 3. The summed E-state index contributed by atoms with van der Waals surface area (Å²) < 4.78 is 48.0. The minimum absolute atomic E-state index is 0.154. The lowest BCUT2D eigenvalue weighted by Crippen LogP contribution is -2.50. The van der Waals surface area contributed by atoms with E-state index in [1.807, 2.05) is 0 Å². The molecule has 2 aromatic rings. The summed E-state index contributed by atoms with van der Waals surface area (Å²) in [6.45, 7) is 13.0. The highest BCUT2D eigenvalue weighted by Gasteiger charge is 2.47. The van der Waals surface area contributed by atoms with Crippen molar-refractivity contribution in [3.05, 3.63) is 53.8 Å². The van der Waals surface area contributed by atoms with Crippen molar-refractivity contribution in [2.45, 2.75) is 58.2 Å². The van der Waals surface area contributed by atoms with E-state index in [1.54, 1.807) is 6.07 Å². The van der Waals surface area contributed by atoms with Gasteiger partial charge in [-0.3, -0.25) is 0 Å². The van der Waals surface area contributed by atoms with Crippen molar-refractivity contribution in [1.82, 2.24) is 0 Å². The lowest BCUT2D eigenvalue weighted by Gasteiger charge is -2.42. The average Bonchev–Trinajstić information content (AvgIpc) is 2.50. The predicted molar refractivity (Wildman–Crippen MR) is 103 cm³/mol. The van der Waals surface area contributed by atoms with Crippen LogP contribution < -0.4 is 4.43 Å². The van der Waals surface area contributed by atoms with Crippen LogP contribution in [0.5, 0.6) is 5.75 Å². The lowest BCUT2D eigenvalue weighted by molar-refractivity contribution is 0.475. The van der Waals surface area contributed by atoms with Gasteiger partial charge in [0.15, 0.2) is 0 Å². The predicted octanol–water partition coefficient (Wildman–Crippen LogP) is 7.33. The lowest BCUT2D eigenvalue weighted by atomic mass is 10.0.